The molecule has 0 fully saturated rings. The molecule has 0 spiro atoms. The Hall–Kier alpha value is -0.410. The quantitative estimate of drug-likeness (QED) is 0.571. The Morgan fingerprint density at radius 1 is 1.38 bits per heavy atom. The minimum Gasteiger partial charge on any atom is -0.374 e. The molecule has 0 aromatic heterocycles. The molecule has 0 saturated heterocycles. The Bertz CT molecular complexity index is 150. The second-order valence-electron chi connectivity index (χ2n) is 3.26. The van der Waals surface area contributed by atoms with Crippen molar-refractivity contribution in [3.8, 4) is 0 Å². The maximum atomic E-state index is 11.6. The number of carbonyl (C=O) groups excluding carboxylic acids is 1. The molecule has 1 atom stereocenters. The van der Waals surface area contributed by atoms with Crippen LogP contribution in [0.3, 0.4) is 0 Å². The van der Waals surface area contributed by atoms with Gasteiger partial charge in [-0.1, -0.05) is 13.8 Å². The third kappa shape index (κ3) is 3.87. The Labute approximate surface area is 80.4 Å². The van der Waals surface area contributed by atoms with Crippen LogP contribution >= 0.6 is 0 Å². The van der Waals surface area contributed by atoms with Crippen molar-refractivity contribution in [2.45, 2.75) is 39.2 Å². The molecule has 0 N–H and O–H groups in total. The summed E-state index contributed by atoms with van der Waals surface area (Å²) in [5.74, 6) is 0.0194. The van der Waals surface area contributed by atoms with Crippen LogP contribution in [0, 0.1) is 0 Å². The standard InChI is InChI=1S/C10H20O3/c1-5-7-13-8-9(11)10(3,6-2)12-4/h5-8H2,1-4H3. The van der Waals surface area contributed by atoms with E-state index >= 15 is 0 Å². The number of ketones is 1. The van der Waals surface area contributed by atoms with Crippen LogP contribution in [0.15, 0.2) is 0 Å². The molecule has 0 saturated carbocycles. The molecule has 0 aliphatic heterocycles. The van der Waals surface area contributed by atoms with Crippen molar-refractivity contribution in [2.75, 3.05) is 20.3 Å². The first kappa shape index (κ1) is 12.6. The summed E-state index contributed by atoms with van der Waals surface area (Å²) in [5, 5.41) is 0. The van der Waals surface area contributed by atoms with Crippen molar-refractivity contribution in [1.29, 1.82) is 0 Å². The highest BCUT2D eigenvalue weighted by Crippen LogP contribution is 2.15. The molecule has 3 nitrogen and oxygen atoms in total. The van der Waals surface area contributed by atoms with E-state index in [1.54, 1.807) is 14.0 Å². The monoisotopic (exact) mass is 188 g/mol. The zero-order chi connectivity index (χ0) is 10.3. The minimum absolute atomic E-state index is 0.0194. The van der Waals surface area contributed by atoms with Gasteiger partial charge in [0.15, 0.2) is 5.78 Å². The first-order valence-corrected chi connectivity index (χ1v) is 4.77. The fraction of sp³-hybridized carbons (Fsp3) is 0.900. The molecule has 78 valence electrons. The predicted octanol–water partition coefficient (Wildman–Crippen LogP) is 1.80. The van der Waals surface area contributed by atoms with Gasteiger partial charge in [0.05, 0.1) is 0 Å². The summed E-state index contributed by atoms with van der Waals surface area (Å²) < 4.78 is 10.3. The largest absolute Gasteiger partial charge is 0.374 e. The molecule has 0 rings (SSSR count). The van der Waals surface area contributed by atoms with Gasteiger partial charge in [-0.2, -0.15) is 0 Å². The average Bonchev–Trinajstić information content (AvgIpc) is 2.17. The number of methoxy groups -OCH3 is 1. The van der Waals surface area contributed by atoms with E-state index in [4.69, 9.17) is 9.47 Å². The molecule has 13 heavy (non-hydrogen) atoms. The van der Waals surface area contributed by atoms with Gasteiger partial charge in [-0.05, 0) is 19.8 Å². The number of hydrogen-bond donors (Lipinski definition) is 0. The van der Waals surface area contributed by atoms with Gasteiger partial charge in [-0.3, -0.25) is 4.79 Å². The van der Waals surface area contributed by atoms with Crippen LogP contribution in [0.2, 0.25) is 0 Å². The molecule has 0 aromatic carbocycles. The second kappa shape index (κ2) is 6.11. The lowest BCUT2D eigenvalue weighted by Gasteiger charge is -2.24. The zero-order valence-corrected chi connectivity index (χ0v) is 9.05. The number of rotatable bonds is 7. The van der Waals surface area contributed by atoms with E-state index in [9.17, 15) is 4.79 Å². The van der Waals surface area contributed by atoms with E-state index in [1.807, 2.05) is 13.8 Å². The molecule has 0 aliphatic rings. The summed E-state index contributed by atoms with van der Waals surface area (Å²) in [6, 6.07) is 0. The highest BCUT2D eigenvalue weighted by atomic mass is 16.5. The topological polar surface area (TPSA) is 35.5 Å². The number of carbonyl (C=O) groups is 1. The normalized spacial score (nSPS) is 15.4. The van der Waals surface area contributed by atoms with Crippen LogP contribution in [0.25, 0.3) is 0 Å². The van der Waals surface area contributed by atoms with Crippen molar-refractivity contribution in [2.24, 2.45) is 0 Å². The van der Waals surface area contributed by atoms with Gasteiger partial charge in [0, 0.05) is 13.7 Å². The van der Waals surface area contributed by atoms with Gasteiger partial charge < -0.3 is 9.47 Å². The van der Waals surface area contributed by atoms with Gasteiger partial charge in [0.25, 0.3) is 0 Å². The van der Waals surface area contributed by atoms with Crippen molar-refractivity contribution in [3.05, 3.63) is 0 Å². The molecule has 0 bridgehead atoms. The smallest absolute Gasteiger partial charge is 0.189 e. The first-order chi connectivity index (χ1) is 6.10. The van der Waals surface area contributed by atoms with Crippen molar-refractivity contribution in [1.82, 2.24) is 0 Å². The summed E-state index contributed by atoms with van der Waals surface area (Å²) in [6.07, 6.45) is 1.61. The molecule has 3 heteroatoms. The molecule has 0 radical (unpaired) electrons. The maximum Gasteiger partial charge on any atom is 0.189 e. The molecular formula is C10H20O3. The van der Waals surface area contributed by atoms with E-state index < -0.39 is 5.60 Å². The van der Waals surface area contributed by atoms with E-state index in [1.165, 1.54) is 0 Å². The minimum atomic E-state index is -0.673. The molecule has 0 aromatic rings. The summed E-state index contributed by atoms with van der Waals surface area (Å²) in [7, 11) is 1.56. The SMILES string of the molecule is CCCOCC(=O)C(C)(CC)OC. The van der Waals surface area contributed by atoms with Crippen LogP contribution in [-0.2, 0) is 14.3 Å². The molecule has 1 unspecified atom stereocenters. The van der Waals surface area contributed by atoms with Crippen LogP contribution < -0.4 is 0 Å². The fourth-order valence-electron chi connectivity index (χ4n) is 0.917. The van der Waals surface area contributed by atoms with Crippen molar-refractivity contribution in [3.63, 3.8) is 0 Å². The van der Waals surface area contributed by atoms with Crippen molar-refractivity contribution >= 4 is 5.78 Å². The molecule has 0 aliphatic carbocycles. The summed E-state index contributed by atoms with van der Waals surface area (Å²) in [6.45, 7) is 6.53. The lowest BCUT2D eigenvalue weighted by Crippen LogP contribution is -2.39. The third-order valence-electron chi connectivity index (χ3n) is 2.30. The summed E-state index contributed by atoms with van der Waals surface area (Å²) in [4.78, 5) is 11.6. The van der Waals surface area contributed by atoms with Crippen LogP contribution in [0.4, 0.5) is 0 Å². The van der Waals surface area contributed by atoms with Gasteiger partial charge in [0.2, 0.25) is 0 Å². The Morgan fingerprint density at radius 3 is 2.38 bits per heavy atom. The van der Waals surface area contributed by atoms with Gasteiger partial charge in [-0.25, -0.2) is 0 Å². The molecular weight excluding hydrogens is 168 g/mol. The Kier molecular flexibility index (Phi) is 5.91. The first-order valence-electron chi connectivity index (χ1n) is 4.77. The fourth-order valence-corrected chi connectivity index (χ4v) is 0.917. The molecule has 0 amide bonds. The van der Waals surface area contributed by atoms with E-state index in [-0.39, 0.29) is 12.4 Å². The Morgan fingerprint density at radius 2 is 2.00 bits per heavy atom. The Balaban J connectivity index is 3.92. The number of Topliss-reactive ketones (excluding diaryl/α,β-unsaturated/α-hetero) is 1. The predicted molar refractivity (Wildman–Crippen MR) is 51.8 cm³/mol. The highest BCUT2D eigenvalue weighted by molar-refractivity contribution is 5.87. The van der Waals surface area contributed by atoms with Gasteiger partial charge >= 0.3 is 0 Å². The zero-order valence-electron chi connectivity index (χ0n) is 9.05. The van der Waals surface area contributed by atoms with Crippen LogP contribution in [0.5, 0.6) is 0 Å². The van der Waals surface area contributed by atoms with Crippen LogP contribution in [-0.4, -0.2) is 31.7 Å². The maximum absolute atomic E-state index is 11.6. The summed E-state index contributed by atoms with van der Waals surface area (Å²) in [5.41, 5.74) is -0.673. The van der Waals surface area contributed by atoms with E-state index in [0.717, 1.165) is 6.42 Å². The highest BCUT2D eigenvalue weighted by Gasteiger charge is 2.30. The third-order valence-corrected chi connectivity index (χ3v) is 2.30. The lowest BCUT2D eigenvalue weighted by atomic mass is 9.98. The van der Waals surface area contributed by atoms with Crippen molar-refractivity contribution < 1.29 is 14.3 Å². The number of hydrogen-bond acceptors (Lipinski definition) is 3. The summed E-state index contributed by atoms with van der Waals surface area (Å²) >= 11 is 0. The lowest BCUT2D eigenvalue weighted by molar-refractivity contribution is -0.144. The second-order valence-corrected chi connectivity index (χ2v) is 3.26. The molecule has 0 heterocycles. The number of ether oxygens (including phenoxy) is 2. The van der Waals surface area contributed by atoms with E-state index in [0.29, 0.717) is 13.0 Å². The van der Waals surface area contributed by atoms with Gasteiger partial charge in [-0.15, -0.1) is 0 Å². The average molecular weight is 188 g/mol. The van der Waals surface area contributed by atoms with Crippen LogP contribution in [0.1, 0.15) is 33.6 Å². The van der Waals surface area contributed by atoms with E-state index in [2.05, 4.69) is 0 Å². The van der Waals surface area contributed by atoms with Gasteiger partial charge in [0.1, 0.15) is 12.2 Å².